The molecule has 1 aromatic carbocycles. The zero-order valence-electron chi connectivity index (χ0n) is 10.3. The van der Waals surface area contributed by atoms with Gasteiger partial charge in [0.2, 0.25) is 0 Å². The van der Waals surface area contributed by atoms with Gasteiger partial charge in [0.15, 0.2) is 0 Å². The lowest BCUT2D eigenvalue weighted by Gasteiger charge is -2.15. The Hall–Kier alpha value is -0.670. The van der Waals surface area contributed by atoms with E-state index in [1.165, 1.54) is 24.3 Å². The van der Waals surface area contributed by atoms with E-state index >= 15 is 0 Å². The van der Waals surface area contributed by atoms with Crippen molar-refractivity contribution in [1.29, 1.82) is 0 Å². The van der Waals surface area contributed by atoms with Crippen LogP contribution < -0.4 is 5.73 Å². The van der Waals surface area contributed by atoms with Crippen LogP contribution in [0.2, 0.25) is 0 Å². The second kappa shape index (κ2) is 7.58. The van der Waals surface area contributed by atoms with Crippen molar-refractivity contribution in [2.24, 2.45) is 0 Å². The first-order valence-corrected chi connectivity index (χ1v) is 7.13. The number of anilines is 1. The van der Waals surface area contributed by atoms with Gasteiger partial charge in [0.25, 0.3) is 0 Å². The van der Waals surface area contributed by atoms with Crippen molar-refractivity contribution in [3.05, 3.63) is 29.8 Å². The van der Waals surface area contributed by atoms with E-state index in [9.17, 15) is 0 Å². The van der Waals surface area contributed by atoms with Crippen LogP contribution in [0.1, 0.15) is 12.0 Å². The lowest BCUT2D eigenvalue weighted by Crippen LogP contribution is -2.22. The van der Waals surface area contributed by atoms with E-state index in [0.29, 0.717) is 0 Å². The highest BCUT2D eigenvalue weighted by Gasteiger charge is 1.98. The third kappa shape index (κ3) is 5.42. The van der Waals surface area contributed by atoms with E-state index in [0.717, 1.165) is 18.7 Å². The first-order chi connectivity index (χ1) is 7.72. The van der Waals surface area contributed by atoms with Crippen molar-refractivity contribution >= 4 is 17.4 Å². The molecule has 0 heterocycles. The number of benzene rings is 1. The number of thioether (sulfide) groups is 1. The topological polar surface area (TPSA) is 29.3 Å². The second-order valence-corrected chi connectivity index (χ2v) is 5.13. The minimum Gasteiger partial charge on any atom is -0.399 e. The summed E-state index contributed by atoms with van der Waals surface area (Å²) < 4.78 is 0. The Bertz CT molecular complexity index is 302. The molecular weight excluding hydrogens is 216 g/mol. The minimum absolute atomic E-state index is 0.869. The van der Waals surface area contributed by atoms with Crippen LogP contribution in [0.15, 0.2) is 24.3 Å². The number of hydrogen-bond acceptors (Lipinski definition) is 3. The summed E-state index contributed by atoms with van der Waals surface area (Å²) in [4.78, 5) is 2.39. The van der Waals surface area contributed by atoms with E-state index in [-0.39, 0.29) is 0 Å². The van der Waals surface area contributed by atoms with E-state index in [4.69, 9.17) is 5.73 Å². The molecule has 3 heteroatoms. The number of nitrogens with two attached hydrogens (primary N) is 1. The molecule has 0 aliphatic rings. The fraction of sp³-hybridized carbons (Fsp3) is 0.538. The Morgan fingerprint density at radius 2 is 2.12 bits per heavy atom. The molecule has 0 saturated heterocycles. The average Bonchev–Trinajstić information content (AvgIpc) is 2.26. The van der Waals surface area contributed by atoms with Crippen LogP contribution in [-0.4, -0.2) is 37.0 Å². The van der Waals surface area contributed by atoms with Crippen LogP contribution in [0, 0.1) is 0 Å². The smallest absolute Gasteiger partial charge is 0.0316 e. The van der Waals surface area contributed by atoms with Gasteiger partial charge in [-0.2, -0.15) is 11.8 Å². The van der Waals surface area contributed by atoms with Gasteiger partial charge in [-0.25, -0.2) is 0 Å². The summed E-state index contributed by atoms with van der Waals surface area (Å²) in [5.41, 5.74) is 7.96. The van der Waals surface area contributed by atoms with E-state index < -0.39 is 0 Å². The highest BCUT2D eigenvalue weighted by atomic mass is 32.2. The van der Waals surface area contributed by atoms with Gasteiger partial charge in [-0.05, 0) is 50.4 Å². The fourth-order valence-corrected chi connectivity index (χ4v) is 2.15. The Balaban J connectivity index is 2.20. The zero-order chi connectivity index (χ0) is 11.8. The highest BCUT2D eigenvalue weighted by molar-refractivity contribution is 7.98. The Kier molecular flexibility index (Phi) is 6.34. The Morgan fingerprint density at radius 3 is 2.81 bits per heavy atom. The molecule has 0 aliphatic carbocycles. The molecule has 2 nitrogen and oxygen atoms in total. The van der Waals surface area contributed by atoms with Gasteiger partial charge in [0, 0.05) is 18.0 Å². The second-order valence-electron chi connectivity index (χ2n) is 4.14. The number of rotatable bonds is 7. The van der Waals surface area contributed by atoms with Crippen LogP contribution in [0.4, 0.5) is 5.69 Å². The van der Waals surface area contributed by atoms with Gasteiger partial charge in [0.1, 0.15) is 0 Å². The summed E-state index contributed by atoms with van der Waals surface area (Å²) in [6.07, 6.45) is 4.48. The lowest BCUT2D eigenvalue weighted by atomic mass is 10.1. The Labute approximate surface area is 103 Å². The maximum atomic E-state index is 5.74. The van der Waals surface area contributed by atoms with Crippen molar-refractivity contribution in [2.75, 3.05) is 37.9 Å². The first kappa shape index (κ1) is 13.4. The maximum absolute atomic E-state index is 5.74. The molecule has 2 N–H and O–H groups in total. The summed E-state index contributed by atoms with van der Waals surface area (Å²) in [6, 6.07) is 8.19. The molecule has 0 spiro atoms. The standard InChI is InChI=1S/C13H22N2S/c1-15(9-10-16-2)8-4-6-12-5-3-7-13(14)11-12/h3,5,7,11H,4,6,8-10,14H2,1-2H3. The van der Waals surface area contributed by atoms with Crippen LogP contribution in [0.3, 0.4) is 0 Å². The van der Waals surface area contributed by atoms with Crippen molar-refractivity contribution in [2.45, 2.75) is 12.8 Å². The van der Waals surface area contributed by atoms with Crippen molar-refractivity contribution in [1.82, 2.24) is 4.90 Å². The molecule has 0 amide bonds. The molecule has 0 aliphatic heterocycles. The number of aryl methyl sites for hydroxylation is 1. The monoisotopic (exact) mass is 238 g/mol. The maximum Gasteiger partial charge on any atom is 0.0316 e. The number of nitrogens with zero attached hydrogens (tertiary/aromatic N) is 1. The molecule has 0 fully saturated rings. The van der Waals surface area contributed by atoms with Crippen LogP contribution in [0.5, 0.6) is 0 Å². The van der Waals surface area contributed by atoms with Crippen LogP contribution in [0.25, 0.3) is 0 Å². The fourth-order valence-electron chi connectivity index (χ4n) is 1.66. The largest absolute Gasteiger partial charge is 0.399 e. The molecule has 0 radical (unpaired) electrons. The molecular formula is C13H22N2S. The predicted molar refractivity (Wildman–Crippen MR) is 75.1 cm³/mol. The van der Waals surface area contributed by atoms with Gasteiger partial charge in [0.05, 0.1) is 0 Å². The van der Waals surface area contributed by atoms with Gasteiger partial charge >= 0.3 is 0 Å². The quantitative estimate of drug-likeness (QED) is 0.740. The van der Waals surface area contributed by atoms with Crippen molar-refractivity contribution < 1.29 is 0 Å². The summed E-state index contributed by atoms with van der Waals surface area (Å²) in [5.74, 6) is 1.22. The average molecular weight is 238 g/mol. The predicted octanol–water partition coefficient (Wildman–Crippen LogP) is 2.50. The van der Waals surface area contributed by atoms with Crippen molar-refractivity contribution in [3.63, 3.8) is 0 Å². The third-order valence-corrected chi connectivity index (χ3v) is 3.22. The molecule has 1 aromatic rings. The normalized spacial score (nSPS) is 10.9. The molecule has 0 unspecified atom stereocenters. The minimum atomic E-state index is 0.869. The number of hydrogen-bond donors (Lipinski definition) is 1. The highest BCUT2D eigenvalue weighted by Crippen LogP contribution is 2.09. The third-order valence-electron chi connectivity index (χ3n) is 2.63. The summed E-state index contributed by atoms with van der Waals surface area (Å²) in [6.45, 7) is 2.34. The summed E-state index contributed by atoms with van der Waals surface area (Å²) in [7, 11) is 2.19. The van der Waals surface area contributed by atoms with Gasteiger partial charge in [-0.3, -0.25) is 0 Å². The molecule has 16 heavy (non-hydrogen) atoms. The molecule has 1 rings (SSSR count). The van der Waals surface area contributed by atoms with Gasteiger partial charge < -0.3 is 10.6 Å². The molecule has 0 bridgehead atoms. The Morgan fingerprint density at radius 1 is 1.31 bits per heavy atom. The van der Waals surface area contributed by atoms with Gasteiger partial charge in [-0.15, -0.1) is 0 Å². The van der Waals surface area contributed by atoms with E-state index in [1.54, 1.807) is 0 Å². The first-order valence-electron chi connectivity index (χ1n) is 5.74. The molecule has 90 valence electrons. The van der Waals surface area contributed by atoms with E-state index in [2.05, 4.69) is 30.3 Å². The lowest BCUT2D eigenvalue weighted by molar-refractivity contribution is 0.350. The van der Waals surface area contributed by atoms with Crippen LogP contribution in [-0.2, 0) is 6.42 Å². The SMILES string of the molecule is CSCCN(C)CCCc1cccc(N)c1. The van der Waals surface area contributed by atoms with E-state index in [1.807, 2.05) is 23.9 Å². The molecule has 0 saturated carbocycles. The molecule has 0 atom stereocenters. The van der Waals surface area contributed by atoms with Crippen LogP contribution >= 0.6 is 11.8 Å². The summed E-state index contributed by atoms with van der Waals surface area (Å²) in [5, 5.41) is 0. The summed E-state index contributed by atoms with van der Waals surface area (Å²) >= 11 is 1.90. The van der Waals surface area contributed by atoms with Gasteiger partial charge in [-0.1, -0.05) is 12.1 Å². The number of nitrogen functional groups attached to an aromatic ring is 1. The zero-order valence-corrected chi connectivity index (χ0v) is 11.1. The molecule has 0 aromatic heterocycles. The van der Waals surface area contributed by atoms with Crippen molar-refractivity contribution in [3.8, 4) is 0 Å².